The van der Waals surface area contributed by atoms with E-state index < -0.39 is 20.2 Å². The molecule has 0 spiro atoms. The molecule has 0 saturated carbocycles. The molecular weight excluding hydrogens is 284 g/mol. The smallest absolute Gasteiger partial charge is 0.264 e. The zero-order valence-corrected chi connectivity index (χ0v) is 11.4. The van der Waals surface area contributed by atoms with Crippen molar-refractivity contribution in [2.75, 3.05) is 25.7 Å². The van der Waals surface area contributed by atoms with E-state index in [4.69, 9.17) is 0 Å². The van der Waals surface area contributed by atoms with E-state index in [9.17, 15) is 16.8 Å². The molecular formula is C6H14CrO6S2. The van der Waals surface area contributed by atoms with Gasteiger partial charge in [-0.25, -0.2) is 0 Å². The Morgan fingerprint density at radius 2 is 1.07 bits per heavy atom. The summed E-state index contributed by atoms with van der Waals surface area (Å²) in [6.07, 6.45) is 2.78. The summed E-state index contributed by atoms with van der Waals surface area (Å²) < 4.78 is 50.8. The van der Waals surface area contributed by atoms with Gasteiger partial charge in [-0.15, -0.1) is 0 Å². The van der Waals surface area contributed by atoms with E-state index in [-0.39, 0.29) is 30.6 Å². The van der Waals surface area contributed by atoms with Crippen molar-refractivity contribution in [1.29, 1.82) is 0 Å². The first kappa shape index (κ1) is 17.7. The van der Waals surface area contributed by atoms with Crippen molar-refractivity contribution in [2.45, 2.75) is 12.8 Å². The number of hydrogen-bond donors (Lipinski definition) is 0. The minimum absolute atomic E-state index is 0. The maximum absolute atomic E-state index is 10.5. The van der Waals surface area contributed by atoms with Gasteiger partial charge in [0.15, 0.2) is 0 Å². The third-order valence-electron chi connectivity index (χ3n) is 1.13. The molecule has 0 radical (unpaired) electrons. The summed E-state index contributed by atoms with van der Waals surface area (Å²) in [5.41, 5.74) is 0. The molecule has 0 N–H and O–H groups in total. The van der Waals surface area contributed by atoms with Crippen molar-refractivity contribution in [2.24, 2.45) is 0 Å². The van der Waals surface area contributed by atoms with E-state index in [1.807, 2.05) is 0 Å². The molecule has 0 aromatic rings. The molecule has 0 aromatic heterocycles. The molecule has 0 aliphatic rings. The number of hydrogen-bond acceptors (Lipinski definition) is 6. The average Bonchev–Trinajstić information content (AvgIpc) is 1.92. The van der Waals surface area contributed by atoms with Crippen LogP contribution in [0.1, 0.15) is 12.8 Å². The number of unbranched alkanes of at least 4 members (excludes halogenated alkanes) is 1. The predicted octanol–water partition coefficient (Wildman–Crippen LogP) is -0.283. The molecule has 15 heavy (non-hydrogen) atoms. The van der Waals surface area contributed by atoms with Gasteiger partial charge in [0, 0.05) is 17.4 Å². The molecule has 0 aromatic carbocycles. The summed E-state index contributed by atoms with van der Waals surface area (Å²) in [5.74, 6) is 0. The SMILES string of the molecule is CS(=O)(=O)OCCCCOS(C)(=O)=O.[Cr]. The molecule has 0 fully saturated rings. The van der Waals surface area contributed by atoms with E-state index in [1.165, 1.54) is 0 Å². The summed E-state index contributed by atoms with van der Waals surface area (Å²) in [5, 5.41) is 0. The van der Waals surface area contributed by atoms with Crippen LogP contribution < -0.4 is 0 Å². The first-order valence-corrected chi connectivity index (χ1v) is 7.53. The maximum Gasteiger partial charge on any atom is 0.264 e. The fourth-order valence-electron chi connectivity index (χ4n) is 0.625. The molecule has 0 heterocycles. The molecule has 0 rings (SSSR count). The maximum atomic E-state index is 10.5. The molecule has 92 valence electrons. The third-order valence-corrected chi connectivity index (χ3v) is 2.32. The standard InChI is InChI=1S/C6H14O6S2.Cr/c1-13(7,8)11-5-3-4-6-12-14(2,9)10;/h3-6H2,1-2H3;. The Balaban J connectivity index is 0. The largest absolute Gasteiger partial charge is 0.270 e. The summed E-state index contributed by atoms with van der Waals surface area (Å²) >= 11 is 0. The minimum atomic E-state index is -3.40. The molecule has 0 aliphatic carbocycles. The van der Waals surface area contributed by atoms with Gasteiger partial charge >= 0.3 is 0 Å². The second-order valence-electron chi connectivity index (χ2n) is 2.76. The second-order valence-corrected chi connectivity index (χ2v) is 6.05. The van der Waals surface area contributed by atoms with Crippen molar-refractivity contribution in [3.63, 3.8) is 0 Å². The molecule has 0 unspecified atom stereocenters. The van der Waals surface area contributed by atoms with Crippen molar-refractivity contribution in [3.8, 4) is 0 Å². The summed E-state index contributed by atoms with van der Waals surface area (Å²) in [4.78, 5) is 0. The predicted molar refractivity (Wildman–Crippen MR) is 50.8 cm³/mol. The monoisotopic (exact) mass is 298 g/mol. The molecule has 0 saturated heterocycles. The van der Waals surface area contributed by atoms with Crippen LogP contribution in [0.25, 0.3) is 0 Å². The Labute approximate surface area is 101 Å². The quantitative estimate of drug-likeness (QED) is 0.474. The Morgan fingerprint density at radius 1 is 0.800 bits per heavy atom. The van der Waals surface area contributed by atoms with E-state index in [1.54, 1.807) is 0 Å². The van der Waals surface area contributed by atoms with Crippen molar-refractivity contribution < 1.29 is 42.6 Å². The van der Waals surface area contributed by atoms with Crippen LogP contribution in [0.5, 0.6) is 0 Å². The van der Waals surface area contributed by atoms with Gasteiger partial charge in [0.25, 0.3) is 20.2 Å². The Morgan fingerprint density at radius 3 is 1.27 bits per heavy atom. The van der Waals surface area contributed by atoms with Gasteiger partial charge in [-0.2, -0.15) is 16.8 Å². The molecule has 0 atom stereocenters. The first-order valence-electron chi connectivity index (χ1n) is 3.89. The van der Waals surface area contributed by atoms with Crippen LogP contribution in [0.3, 0.4) is 0 Å². The Bertz CT molecular complexity index is 310. The summed E-state index contributed by atoms with van der Waals surface area (Å²) in [7, 11) is -6.80. The number of rotatable bonds is 7. The van der Waals surface area contributed by atoms with Crippen molar-refractivity contribution in [1.82, 2.24) is 0 Å². The fraction of sp³-hybridized carbons (Fsp3) is 1.00. The van der Waals surface area contributed by atoms with Gasteiger partial charge in [0.2, 0.25) is 0 Å². The van der Waals surface area contributed by atoms with Crippen molar-refractivity contribution in [3.05, 3.63) is 0 Å². The average molecular weight is 298 g/mol. The second kappa shape index (κ2) is 7.60. The van der Waals surface area contributed by atoms with Crippen molar-refractivity contribution >= 4 is 20.2 Å². The van der Waals surface area contributed by atoms with E-state index >= 15 is 0 Å². The fourth-order valence-corrected chi connectivity index (χ4v) is 1.47. The van der Waals surface area contributed by atoms with E-state index in [0.717, 1.165) is 12.5 Å². The molecule has 9 heteroatoms. The third kappa shape index (κ3) is 17.0. The van der Waals surface area contributed by atoms with E-state index in [2.05, 4.69) is 8.37 Å². The Hall–Kier alpha value is 0.352. The van der Waals surface area contributed by atoms with Gasteiger partial charge < -0.3 is 0 Å². The van der Waals surface area contributed by atoms with Crippen LogP contribution in [0.4, 0.5) is 0 Å². The zero-order chi connectivity index (χ0) is 11.2. The van der Waals surface area contributed by atoms with Crippen LogP contribution >= 0.6 is 0 Å². The molecule has 0 aliphatic heterocycles. The van der Waals surface area contributed by atoms with Crippen LogP contribution in [0.15, 0.2) is 0 Å². The summed E-state index contributed by atoms with van der Waals surface area (Å²) in [6, 6.07) is 0. The normalized spacial score (nSPS) is 12.1. The van der Waals surface area contributed by atoms with Gasteiger partial charge in [-0.3, -0.25) is 8.37 Å². The first-order chi connectivity index (χ1) is 6.21. The van der Waals surface area contributed by atoms with Crippen LogP contribution in [0.2, 0.25) is 0 Å². The van der Waals surface area contributed by atoms with Gasteiger partial charge in [-0.05, 0) is 12.8 Å². The topological polar surface area (TPSA) is 86.7 Å². The molecule has 0 amide bonds. The van der Waals surface area contributed by atoms with Crippen LogP contribution in [-0.4, -0.2) is 42.6 Å². The van der Waals surface area contributed by atoms with Gasteiger partial charge in [0.05, 0.1) is 25.7 Å². The van der Waals surface area contributed by atoms with E-state index in [0.29, 0.717) is 12.8 Å². The van der Waals surface area contributed by atoms with Gasteiger partial charge in [-0.1, -0.05) is 0 Å². The molecule has 6 nitrogen and oxygen atoms in total. The van der Waals surface area contributed by atoms with Crippen LogP contribution in [-0.2, 0) is 46.0 Å². The molecule has 0 bridgehead atoms. The summed E-state index contributed by atoms with van der Waals surface area (Å²) in [6.45, 7) is 0.0951. The zero-order valence-electron chi connectivity index (χ0n) is 8.50. The van der Waals surface area contributed by atoms with Crippen LogP contribution in [0, 0.1) is 0 Å². The Kier molecular flexibility index (Phi) is 8.98. The van der Waals surface area contributed by atoms with Gasteiger partial charge in [0.1, 0.15) is 0 Å². The minimum Gasteiger partial charge on any atom is -0.270 e.